The van der Waals surface area contributed by atoms with E-state index in [0.29, 0.717) is 17.9 Å². The third-order valence-corrected chi connectivity index (χ3v) is 16.3. The summed E-state index contributed by atoms with van der Waals surface area (Å²) in [6.45, 7) is 0. The van der Waals surface area contributed by atoms with Gasteiger partial charge >= 0.3 is 0 Å². The van der Waals surface area contributed by atoms with Crippen molar-refractivity contribution in [1.82, 2.24) is 9.13 Å². The fourth-order valence-electron chi connectivity index (χ4n) is 14.4. The molecule has 60 heavy (non-hydrogen) atoms. The molecule has 0 N–H and O–H groups in total. The van der Waals surface area contributed by atoms with Crippen molar-refractivity contribution in [1.29, 1.82) is 0 Å². The second kappa shape index (κ2) is 13.6. The van der Waals surface area contributed by atoms with E-state index in [4.69, 9.17) is 0 Å². The van der Waals surface area contributed by atoms with E-state index in [-0.39, 0.29) is 47.8 Å². The molecule has 13 rings (SSSR count). The Balaban J connectivity index is 1.08. The Kier molecular flexibility index (Phi) is 7.94. The lowest BCUT2D eigenvalue weighted by Crippen LogP contribution is -2.67. The number of hydrogen-bond donors (Lipinski definition) is 0. The van der Waals surface area contributed by atoms with Gasteiger partial charge in [-0.3, -0.25) is 4.79 Å². The number of benzene rings is 6. The first-order chi connectivity index (χ1) is 29.8. The standard InChI is InChI=1S/C55H52N4O/c60-55-53-49(58-41-25-11-7-21-37(41)38-22-8-12-26-42(38)58)33-31-47-51(53)52-48(32-34-50(54(52)55)59-43-27-13-9-23-39(43)40-24-10-14-28-44(40)59)57(36-19-5-2-6-20-36)46-30-16-15-29-45(46)56(47)35-17-3-1-4-18-35/h1-14,17-28,45-54H,15-16,29-34H2. The number of carbonyl (C=O) groups excluding carboxylic acids is 1. The van der Waals surface area contributed by atoms with Crippen molar-refractivity contribution in [3.8, 4) is 0 Å². The number of hydrogen-bond acceptors (Lipinski definition) is 3. The van der Waals surface area contributed by atoms with Gasteiger partial charge in [-0.05, 0) is 98.9 Å². The Labute approximate surface area is 352 Å². The summed E-state index contributed by atoms with van der Waals surface area (Å²) >= 11 is 0. The average Bonchev–Trinajstić information content (AvgIpc) is 3.94. The summed E-state index contributed by atoms with van der Waals surface area (Å²) in [5.74, 6) is 0.730. The minimum atomic E-state index is -0.0990. The number of ketones is 1. The van der Waals surface area contributed by atoms with Gasteiger partial charge in [0.05, 0.1) is 0 Å². The Morgan fingerprint density at radius 3 is 1.02 bits per heavy atom. The van der Waals surface area contributed by atoms with E-state index in [2.05, 4.69) is 177 Å². The molecule has 5 fully saturated rings. The van der Waals surface area contributed by atoms with Crippen LogP contribution >= 0.6 is 0 Å². The fourth-order valence-corrected chi connectivity index (χ4v) is 14.4. The zero-order chi connectivity index (χ0) is 39.5. The highest BCUT2D eigenvalue weighted by Gasteiger charge is 2.66. The Hall–Kier alpha value is -5.81. The Morgan fingerprint density at radius 1 is 0.333 bits per heavy atom. The first-order valence-electron chi connectivity index (χ1n) is 22.9. The van der Waals surface area contributed by atoms with Gasteiger partial charge in [0.15, 0.2) is 0 Å². The van der Waals surface area contributed by atoms with Gasteiger partial charge in [0, 0.05) is 103 Å². The molecule has 4 saturated carbocycles. The van der Waals surface area contributed by atoms with Crippen LogP contribution in [-0.4, -0.2) is 39.1 Å². The van der Waals surface area contributed by atoms with Gasteiger partial charge in [0.25, 0.3) is 0 Å². The second-order valence-electron chi connectivity index (χ2n) is 18.7. The first-order valence-corrected chi connectivity index (χ1v) is 22.9. The van der Waals surface area contributed by atoms with E-state index in [1.807, 2.05) is 0 Å². The third-order valence-electron chi connectivity index (χ3n) is 16.3. The SMILES string of the molecule is O=C1C2C3C4C1C(n1c5ccccc5c5ccccc51)CCC4N(c1ccccc1)C1CCCCC1N(c1ccccc1)C3CCC2n1c2ccccc2c2ccccc21. The third kappa shape index (κ3) is 4.89. The first kappa shape index (κ1) is 35.0. The van der Waals surface area contributed by atoms with Gasteiger partial charge in [-0.15, -0.1) is 0 Å². The molecule has 2 aromatic heterocycles. The van der Waals surface area contributed by atoms with Crippen molar-refractivity contribution in [3.63, 3.8) is 0 Å². The second-order valence-corrected chi connectivity index (χ2v) is 18.7. The molecule has 6 aromatic carbocycles. The predicted octanol–water partition coefficient (Wildman–Crippen LogP) is 12.4. The molecule has 4 aliphatic carbocycles. The van der Waals surface area contributed by atoms with E-state index in [1.54, 1.807) is 0 Å². The smallest absolute Gasteiger partial charge is 0.143 e. The fraction of sp³-hybridized carbons (Fsp3) is 0.327. The normalized spacial score (nSPS) is 30.1. The van der Waals surface area contributed by atoms with Gasteiger partial charge < -0.3 is 18.9 Å². The Morgan fingerprint density at radius 2 is 0.650 bits per heavy atom. The molecule has 298 valence electrons. The summed E-state index contributed by atoms with van der Waals surface area (Å²) in [7, 11) is 0. The van der Waals surface area contributed by atoms with Crippen molar-refractivity contribution in [2.75, 3.05) is 9.80 Å². The molecule has 0 spiro atoms. The molecule has 10 unspecified atom stereocenters. The van der Waals surface area contributed by atoms with Crippen molar-refractivity contribution in [2.24, 2.45) is 23.7 Å². The molecular formula is C55H52N4O. The van der Waals surface area contributed by atoms with Gasteiger partial charge in [-0.1, -0.05) is 122 Å². The van der Waals surface area contributed by atoms with Crippen LogP contribution in [0.25, 0.3) is 43.6 Å². The maximum atomic E-state index is 16.6. The molecule has 8 aromatic rings. The van der Waals surface area contributed by atoms with Crippen molar-refractivity contribution < 1.29 is 4.79 Å². The lowest BCUT2D eigenvalue weighted by molar-refractivity contribution is -0.128. The van der Waals surface area contributed by atoms with E-state index in [9.17, 15) is 0 Å². The zero-order valence-corrected chi connectivity index (χ0v) is 34.1. The lowest BCUT2D eigenvalue weighted by atomic mass is 9.63. The number of nitrogens with zero attached hydrogens (tertiary/aromatic N) is 4. The predicted molar refractivity (Wildman–Crippen MR) is 246 cm³/mol. The lowest BCUT2D eigenvalue weighted by Gasteiger charge is -2.60. The van der Waals surface area contributed by atoms with E-state index in [0.717, 1.165) is 25.7 Å². The topological polar surface area (TPSA) is 33.4 Å². The molecule has 5 aliphatic rings. The van der Waals surface area contributed by atoms with Gasteiger partial charge in [-0.25, -0.2) is 0 Å². The molecule has 1 aliphatic heterocycles. The maximum Gasteiger partial charge on any atom is 0.143 e. The summed E-state index contributed by atoms with van der Waals surface area (Å²) in [5, 5.41) is 5.18. The van der Waals surface area contributed by atoms with Gasteiger partial charge in [0.2, 0.25) is 0 Å². The van der Waals surface area contributed by atoms with Crippen LogP contribution in [0.5, 0.6) is 0 Å². The van der Waals surface area contributed by atoms with Crippen LogP contribution in [0.2, 0.25) is 0 Å². The van der Waals surface area contributed by atoms with E-state index >= 15 is 4.79 Å². The zero-order valence-electron chi connectivity index (χ0n) is 34.1. The molecular weight excluding hydrogens is 733 g/mol. The molecule has 5 heteroatoms. The van der Waals surface area contributed by atoms with E-state index < -0.39 is 0 Å². The molecule has 0 bridgehead atoms. The minimum absolute atomic E-state index is 0.0815. The van der Waals surface area contributed by atoms with Crippen molar-refractivity contribution in [2.45, 2.75) is 87.6 Å². The highest BCUT2D eigenvalue weighted by Crippen LogP contribution is 2.63. The number of carbonyl (C=O) groups is 1. The molecule has 3 heterocycles. The van der Waals surface area contributed by atoms with Crippen LogP contribution < -0.4 is 9.80 Å². The largest absolute Gasteiger partial charge is 0.363 e. The molecule has 1 saturated heterocycles. The van der Waals surface area contributed by atoms with Crippen LogP contribution in [0.4, 0.5) is 11.4 Å². The van der Waals surface area contributed by atoms with Crippen LogP contribution in [0.3, 0.4) is 0 Å². The van der Waals surface area contributed by atoms with Gasteiger partial charge in [-0.2, -0.15) is 0 Å². The molecule has 0 radical (unpaired) electrons. The molecule has 0 amide bonds. The minimum Gasteiger partial charge on any atom is -0.363 e. The monoisotopic (exact) mass is 784 g/mol. The summed E-state index contributed by atoms with van der Waals surface area (Å²) in [5.41, 5.74) is 7.75. The molecule has 5 nitrogen and oxygen atoms in total. The van der Waals surface area contributed by atoms with Gasteiger partial charge in [0.1, 0.15) is 5.78 Å². The summed E-state index contributed by atoms with van der Waals surface area (Å²) in [4.78, 5) is 22.5. The number of rotatable bonds is 4. The number of fused-ring (bicyclic) bond motifs is 7. The average molecular weight is 785 g/mol. The summed E-state index contributed by atoms with van der Waals surface area (Å²) in [6, 6.07) is 60.2. The summed E-state index contributed by atoms with van der Waals surface area (Å²) < 4.78 is 5.30. The maximum absolute atomic E-state index is 16.6. The van der Waals surface area contributed by atoms with Crippen molar-refractivity contribution in [3.05, 3.63) is 158 Å². The van der Waals surface area contributed by atoms with E-state index in [1.165, 1.54) is 80.7 Å². The molecule has 10 atom stereocenters. The quantitative estimate of drug-likeness (QED) is 0.178. The van der Waals surface area contributed by atoms with Crippen LogP contribution in [0.1, 0.15) is 63.5 Å². The number of Topliss-reactive ketones (excluding diaryl/α,β-unsaturated/α-hetero) is 1. The number of anilines is 2. The van der Waals surface area contributed by atoms with Crippen LogP contribution in [-0.2, 0) is 4.79 Å². The number of para-hydroxylation sites is 6. The Bertz CT molecular complexity index is 2610. The highest BCUT2D eigenvalue weighted by atomic mass is 16.1. The summed E-state index contributed by atoms with van der Waals surface area (Å²) in [6.07, 6.45) is 9.03. The van der Waals surface area contributed by atoms with Crippen LogP contribution in [0.15, 0.2) is 158 Å². The highest BCUT2D eigenvalue weighted by molar-refractivity contribution is 6.09. The van der Waals surface area contributed by atoms with Crippen LogP contribution in [0, 0.1) is 23.7 Å². The number of aromatic nitrogens is 2. The van der Waals surface area contributed by atoms with Crippen molar-refractivity contribution >= 4 is 60.8 Å².